The summed E-state index contributed by atoms with van der Waals surface area (Å²) in [7, 11) is 1.65. The van der Waals surface area contributed by atoms with Gasteiger partial charge >= 0.3 is 0 Å². The van der Waals surface area contributed by atoms with Gasteiger partial charge in [-0.2, -0.15) is 0 Å². The SMILES string of the molecule is CNC(=O)c1cc2ccccc2n1-c1ccccc1. The van der Waals surface area contributed by atoms with E-state index < -0.39 is 0 Å². The van der Waals surface area contributed by atoms with Crippen LogP contribution in [0.2, 0.25) is 0 Å². The molecule has 1 heterocycles. The Kier molecular flexibility index (Phi) is 2.80. The maximum atomic E-state index is 12.0. The van der Waals surface area contributed by atoms with Gasteiger partial charge in [-0.1, -0.05) is 36.4 Å². The summed E-state index contributed by atoms with van der Waals surface area (Å²) >= 11 is 0. The van der Waals surface area contributed by atoms with Crippen LogP contribution in [0.4, 0.5) is 0 Å². The highest BCUT2D eigenvalue weighted by molar-refractivity contribution is 5.99. The molecule has 0 atom stereocenters. The van der Waals surface area contributed by atoms with E-state index in [1.165, 1.54) is 0 Å². The molecule has 1 amide bonds. The molecule has 3 rings (SSSR count). The molecule has 0 spiro atoms. The molecule has 3 heteroatoms. The van der Waals surface area contributed by atoms with E-state index in [9.17, 15) is 4.79 Å². The fourth-order valence-electron chi connectivity index (χ4n) is 2.31. The van der Waals surface area contributed by atoms with Crippen LogP contribution in [0, 0.1) is 0 Å². The Morgan fingerprint density at radius 1 is 1.00 bits per heavy atom. The van der Waals surface area contributed by atoms with Crippen LogP contribution in [0.15, 0.2) is 60.7 Å². The third-order valence-corrected chi connectivity index (χ3v) is 3.18. The van der Waals surface area contributed by atoms with Crippen molar-refractivity contribution in [1.29, 1.82) is 0 Å². The van der Waals surface area contributed by atoms with E-state index in [1.54, 1.807) is 7.05 Å². The number of aromatic nitrogens is 1. The van der Waals surface area contributed by atoms with E-state index in [1.807, 2.05) is 65.2 Å². The van der Waals surface area contributed by atoms with Crippen LogP contribution in [0.25, 0.3) is 16.6 Å². The Hall–Kier alpha value is -2.55. The minimum Gasteiger partial charge on any atom is -0.354 e. The first kappa shape index (κ1) is 11.5. The molecule has 19 heavy (non-hydrogen) atoms. The fourth-order valence-corrected chi connectivity index (χ4v) is 2.31. The van der Waals surface area contributed by atoms with Gasteiger partial charge in [0.1, 0.15) is 5.69 Å². The van der Waals surface area contributed by atoms with Gasteiger partial charge < -0.3 is 9.88 Å². The average Bonchev–Trinajstić information content (AvgIpc) is 2.86. The number of para-hydroxylation sites is 2. The molecule has 1 N–H and O–H groups in total. The van der Waals surface area contributed by atoms with Gasteiger partial charge in [0, 0.05) is 18.1 Å². The third-order valence-electron chi connectivity index (χ3n) is 3.18. The minimum absolute atomic E-state index is 0.0833. The van der Waals surface area contributed by atoms with E-state index in [0.29, 0.717) is 5.69 Å². The van der Waals surface area contributed by atoms with Crippen LogP contribution in [-0.2, 0) is 0 Å². The summed E-state index contributed by atoms with van der Waals surface area (Å²) < 4.78 is 1.98. The van der Waals surface area contributed by atoms with Crippen molar-refractivity contribution in [2.75, 3.05) is 7.05 Å². The Balaban J connectivity index is 2.34. The number of nitrogens with zero attached hydrogens (tertiary/aromatic N) is 1. The number of amides is 1. The van der Waals surface area contributed by atoms with E-state index in [2.05, 4.69) is 5.32 Å². The van der Waals surface area contributed by atoms with E-state index in [-0.39, 0.29) is 5.91 Å². The van der Waals surface area contributed by atoms with Crippen LogP contribution < -0.4 is 5.32 Å². The highest BCUT2D eigenvalue weighted by atomic mass is 16.1. The molecule has 0 fully saturated rings. The number of hydrogen-bond acceptors (Lipinski definition) is 1. The van der Waals surface area contributed by atoms with Gasteiger partial charge in [-0.3, -0.25) is 4.79 Å². The number of fused-ring (bicyclic) bond motifs is 1. The number of benzene rings is 2. The zero-order valence-electron chi connectivity index (χ0n) is 10.6. The maximum Gasteiger partial charge on any atom is 0.268 e. The molecule has 0 unspecified atom stereocenters. The highest BCUT2D eigenvalue weighted by Gasteiger charge is 2.15. The molecule has 3 nitrogen and oxygen atoms in total. The van der Waals surface area contributed by atoms with Crippen LogP contribution in [0.3, 0.4) is 0 Å². The Morgan fingerprint density at radius 3 is 2.42 bits per heavy atom. The molecule has 0 aliphatic rings. The first-order chi connectivity index (χ1) is 9.31. The van der Waals surface area contributed by atoms with Crippen molar-refractivity contribution in [1.82, 2.24) is 9.88 Å². The lowest BCUT2D eigenvalue weighted by Crippen LogP contribution is -2.21. The van der Waals surface area contributed by atoms with Gasteiger partial charge in [0.05, 0.1) is 5.52 Å². The predicted molar refractivity (Wildman–Crippen MR) is 76.7 cm³/mol. The van der Waals surface area contributed by atoms with Crippen molar-refractivity contribution < 1.29 is 4.79 Å². The fraction of sp³-hybridized carbons (Fsp3) is 0.0625. The second-order valence-corrected chi connectivity index (χ2v) is 4.34. The van der Waals surface area contributed by atoms with E-state index in [0.717, 1.165) is 16.6 Å². The standard InChI is InChI=1S/C16H14N2O/c1-17-16(19)15-11-12-7-5-6-10-14(12)18(15)13-8-3-2-4-9-13/h2-11H,1H3,(H,17,19). The van der Waals surface area contributed by atoms with Crippen molar-refractivity contribution in [3.8, 4) is 5.69 Å². The molecule has 0 aliphatic heterocycles. The zero-order valence-corrected chi connectivity index (χ0v) is 10.6. The molecular weight excluding hydrogens is 236 g/mol. The molecule has 0 saturated carbocycles. The normalized spacial score (nSPS) is 10.6. The largest absolute Gasteiger partial charge is 0.354 e. The highest BCUT2D eigenvalue weighted by Crippen LogP contribution is 2.24. The summed E-state index contributed by atoms with van der Waals surface area (Å²) in [6.07, 6.45) is 0. The first-order valence-corrected chi connectivity index (χ1v) is 6.19. The molecule has 3 aromatic rings. The van der Waals surface area contributed by atoms with E-state index >= 15 is 0 Å². The van der Waals surface area contributed by atoms with Crippen LogP contribution >= 0.6 is 0 Å². The van der Waals surface area contributed by atoms with Crippen LogP contribution in [-0.4, -0.2) is 17.5 Å². The van der Waals surface area contributed by atoms with Crippen molar-refractivity contribution >= 4 is 16.8 Å². The summed E-state index contributed by atoms with van der Waals surface area (Å²) in [4.78, 5) is 12.0. The summed E-state index contributed by atoms with van der Waals surface area (Å²) in [6.45, 7) is 0. The topological polar surface area (TPSA) is 34.0 Å². The summed E-state index contributed by atoms with van der Waals surface area (Å²) in [5.41, 5.74) is 2.67. The van der Waals surface area contributed by atoms with Crippen LogP contribution in [0.1, 0.15) is 10.5 Å². The number of hydrogen-bond donors (Lipinski definition) is 1. The quantitative estimate of drug-likeness (QED) is 0.745. The molecule has 0 aliphatic carbocycles. The lowest BCUT2D eigenvalue weighted by Gasteiger charge is -2.09. The van der Waals surface area contributed by atoms with Gasteiger partial charge in [-0.05, 0) is 24.3 Å². The van der Waals surface area contributed by atoms with Gasteiger partial charge in [0.2, 0.25) is 0 Å². The number of carbonyl (C=O) groups excluding carboxylic acids is 1. The molecular formula is C16H14N2O. The van der Waals surface area contributed by atoms with Crippen molar-refractivity contribution in [2.24, 2.45) is 0 Å². The molecule has 0 bridgehead atoms. The number of carbonyl (C=O) groups is 1. The smallest absolute Gasteiger partial charge is 0.268 e. The van der Waals surface area contributed by atoms with Gasteiger partial charge in [-0.25, -0.2) is 0 Å². The van der Waals surface area contributed by atoms with Crippen molar-refractivity contribution in [3.63, 3.8) is 0 Å². The second kappa shape index (κ2) is 4.61. The molecule has 0 saturated heterocycles. The zero-order chi connectivity index (χ0) is 13.2. The van der Waals surface area contributed by atoms with Gasteiger partial charge in [0.15, 0.2) is 0 Å². The lowest BCUT2D eigenvalue weighted by atomic mass is 10.2. The summed E-state index contributed by atoms with van der Waals surface area (Å²) in [6, 6.07) is 19.8. The van der Waals surface area contributed by atoms with Gasteiger partial charge in [0.25, 0.3) is 5.91 Å². The Morgan fingerprint density at radius 2 is 1.68 bits per heavy atom. The lowest BCUT2D eigenvalue weighted by molar-refractivity contribution is 0.0956. The maximum absolute atomic E-state index is 12.0. The van der Waals surface area contributed by atoms with E-state index in [4.69, 9.17) is 0 Å². The summed E-state index contributed by atoms with van der Waals surface area (Å²) in [5, 5.41) is 3.75. The van der Waals surface area contributed by atoms with Crippen LogP contribution in [0.5, 0.6) is 0 Å². The predicted octanol–water partition coefficient (Wildman–Crippen LogP) is 2.99. The van der Waals surface area contributed by atoms with Crippen molar-refractivity contribution in [3.05, 3.63) is 66.4 Å². The van der Waals surface area contributed by atoms with Crippen molar-refractivity contribution in [2.45, 2.75) is 0 Å². The van der Waals surface area contributed by atoms with Gasteiger partial charge in [-0.15, -0.1) is 0 Å². The monoisotopic (exact) mass is 250 g/mol. The summed E-state index contributed by atoms with van der Waals surface area (Å²) in [5.74, 6) is -0.0833. The first-order valence-electron chi connectivity index (χ1n) is 6.19. The Bertz CT molecular complexity index is 729. The molecule has 1 aromatic heterocycles. The number of rotatable bonds is 2. The average molecular weight is 250 g/mol. The second-order valence-electron chi connectivity index (χ2n) is 4.34. The molecule has 2 aromatic carbocycles. The molecule has 94 valence electrons. The Labute approximate surface area is 111 Å². The number of nitrogens with one attached hydrogen (secondary N) is 1. The molecule has 0 radical (unpaired) electrons. The minimum atomic E-state index is -0.0833. The third kappa shape index (κ3) is 1.89.